The van der Waals surface area contributed by atoms with E-state index < -0.39 is 0 Å². The average molecular weight is 320 g/mol. The monoisotopic (exact) mass is 319 g/mol. The zero-order valence-corrected chi connectivity index (χ0v) is 14.5. The van der Waals surface area contributed by atoms with E-state index in [0.717, 1.165) is 41.3 Å². The summed E-state index contributed by atoms with van der Waals surface area (Å²) in [6.45, 7) is 10.1. The van der Waals surface area contributed by atoms with Crippen LogP contribution in [0.5, 0.6) is 0 Å². The van der Waals surface area contributed by atoms with Crippen LogP contribution < -0.4 is 5.32 Å². The van der Waals surface area contributed by atoms with Gasteiger partial charge in [-0.3, -0.25) is 0 Å². The molecular weight excluding hydrogens is 294 g/mol. The van der Waals surface area contributed by atoms with Crippen LogP contribution in [0.2, 0.25) is 5.02 Å². The number of pyridine rings is 1. The Morgan fingerprint density at radius 3 is 2.64 bits per heavy atom. The van der Waals surface area contributed by atoms with Gasteiger partial charge in [0.05, 0.1) is 5.52 Å². The lowest BCUT2D eigenvalue weighted by molar-refractivity contribution is 0.295. The van der Waals surface area contributed by atoms with E-state index in [1.165, 1.54) is 13.0 Å². The lowest BCUT2D eigenvalue weighted by Gasteiger charge is -2.20. The standard InChI is InChI=1S/C18H26ClN3/c1-4-22(5-2)12-6-7-14(3)20-18-11-9-15-8-10-16(19)13-17(15)21-18/h8-11,13-14H,4-7,12H2,1-3H3,(H,20,21)/t14-/m1/s1. The first kappa shape index (κ1) is 17.0. The highest BCUT2D eigenvalue weighted by atomic mass is 35.5. The minimum absolute atomic E-state index is 0.416. The molecule has 0 amide bonds. The highest BCUT2D eigenvalue weighted by Gasteiger charge is 2.06. The summed E-state index contributed by atoms with van der Waals surface area (Å²) in [5.74, 6) is 0.921. The third-order valence-corrected chi connectivity index (χ3v) is 4.29. The molecule has 0 spiro atoms. The lowest BCUT2D eigenvalue weighted by Crippen LogP contribution is -2.25. The van der Waals surface area contributed by atoms with Crippen molar-refractivity contribution >= 4 is 28.3 Å². The smallest absolute Gasteiger partial charge is 0.126 e. The molecule has 3 nitrogen and oxygen atoms in total. The minimum Gasteiger partial charge on any atom is -0.368 e. The summed E-state index contributed by atoms with van der Waals surface area (Å²) in [4.78, 5) is 7.11. The van der Waals surface area contributed by atoms with Gasteiger partial charge in [-0.05, 0) is 63.7 Å². The Bertz CT molecular complexity index is 596. The van der Waals surface area contributed by atoms with Gasteiger partial charge in [-0.25, -0.2) is 4.98 Å². The van der Waals surface area contributed by atoms with Crippen LogP contribution in [0.3, 0.4) is 0 Å². The molecule has 1 aromatic heterocycles. The van der Waals surface area contributed by atoms with Crippen molar-refractivity contribution in [3.8, 4) is 0 Å². The second-order valence-corrected chi connectivity index (χ2v) is 6.18. The number of halogens is 1. The Labute approximate surface area is 138 Å². The predicted octanol–water partition coefficient (Wildman–Crippen LogP) is 4.81. The van der Waals surface area contributed by atoms with Crippen molar-refractivity contribution in [3.05, 3.63) is 35.4 Å². The molecule has 1 aromatic carbocycles. The van der Waals surface area contributed by atoms with Crippen LogP contribution in [-0.2, 0) is 0 Å². The minimum atomic E-state index is 0.416. The number of benzene rings is 1. The van der Waals surface area contributed by atoms with Crippen molar-refractivity contribution in [2.75, 3.05) is 25.0 Å². The molecule has 2 aromatic rings. The fraction of sp³-hybridized carbons (Fsp3) is 0.500. The summed E-state index contributed by atoms with van der Waals surface area (Å²) in [6, 6.07) is 10.4. The Kier molecular flexibility index (Phi) is 6.47. The molecule has 4 heteroatoms. The van der Waals surface area contributed by atoms with E-state index in [2.05, 4.69) is 42.0 Å². The maximum atomic E-state index is 6.04. The first-order chi connectivity index (χ1) is 10.6. The molecule has 0 bridgehead atoms. The lowest BCUT2D eigenvalue weighted by atomic mass is 10.1. The predicted molar refractivity (Wildman–Crippen MR) is 96.9 cm³/mol. The van der Waals surface area contributed by atoms with Crippen molar-refractivity contribution in [1.29, 1.82) is 0 Å². The summed E-state index contributed by atoms with van der Waals surface area (Å²) >= 11 is 6.04. The van der Waals surface area contributed by atoms with Gasteiger partial charge in [-0.15, -0.1) is 0 Å². The quantitative estimate of drug-likeness (QED) is 0.756. The van der Waals surface area contributed by atoms with Gasteiger partial charge in [-0.1, -0.05) is 31.5 Å². The summed E-state index contributed by atoms with van der Waals surface area (Å²) < 4.78 is 0. The second-order valence-electron chi connectivity index (χ2n) is 5.75. The van der Waals surface area contributed by atoms with Gasteiger partial charge in [0.25, 0.3) is 0 Å². The maximum Gasteiger partial charge on any atom is 0.126 e. The molecule has 22 heavy (non-hydrogen) atoms. The first-order valence-corrected chi connectivity index (χ1v) is 8.55. The molecule has 2 rings (SSSR count). The van der Waals surface area contributed by atoms with Gasteiger partial charge in [0.2, 0.25) is 0 Å². The normalized spacial score (nSPS) is 12.8. The Hall–Kier alpha value is -1.32. The molecule has 0 radical (unpaired) electrons. The van der Waals surface area contributed by atoms with E-state index >= 15 is 0 Å². The van der Waals surface area contributed by atoms with Gasteiger partial charge in [0, 0.05) is 16.5 Å². The highest BCUT2D eigenvalue weighted by molar-refractivity contribution is 6.31. The number of aromatic nitrogens is 1. The van der Waals surface area contributed by atoms with E-state index in [9.17, 15) is 0 Å². The van der Waals surface area contributed by atoms with E-state index in [1.807, 2.05) is 24.3 Å². The van der Waals surface area contributed by atoms with Gasteiger partial charge < -0.3 is 10.2 Å². The van der Waals surface area contributed by atoms with Crippen molar-refractivity contribution in [2.24, 2.45) is 0 Å². The third-order valence-electron chi connectivity index (χ3n) is 4.05. The number of nitrogens with one attached hydrogen (secondary N) is 1. The molecule has 1 heterocycles. The van der Waals surface area contributed by atoms with E-state index in [0.29, 0.717) is 6.04 Å². The fourth-order valence-corrected chi connectivity index (χ4v) is 2.82. The van der Waals surface area contributed by atoms with Crippen LogP contribution in [-0.4, -0.2) is 35.6 Å². The van der Waals surface area contributed by atoms with Crippen LogP contribution in [0.1, 0.15) is 33.6 Å². The highest BCUT2D eigenvalue weighted by Crippen LogP contribution is 2.20. The van der Waals surface area contributed by atoms with E-state index in [4.69, 9.17) is 11.6 Å². The zero-order valence-electron chi connectivity index (χ0n) is 13.8. The molecule has 0 unspecified atom stereocenters. The van der Waals surface area contributed by atoms with E-state index in [1.54, 1.807) is 0 Å². The first-order valence-electron chi connectivity index (χ1n) is 8.17. The Morgan fingerprint density at radius 1 is 1.18 bits per heavy atom. The molecular formula is C18H26ClN3. The number of nitrogens with zero attached hydrogens (tertiary/aromatic N) is 2. The maximum absolute atomic E-state index is 6.04. The number of hydrogen-bond donors (Lipinski definition) is 1. The zero-order chi connectivity index (χ0) is 15.9. The van der Waals surface area contributed by atoms with Crippen LogP contribution >= 0.6 is 11.6 Å². The molecule has 120 valence electrons. The number of hydrogen-bond acceptors (Lipinski definition) is 3. The SMILES string of the molecule is CCN(CC)CCC[C@@H](C)Nc1ccc2ccc(Cl)cc2n1. The van der Waals surface area contributed by atoms with Crippen LogP contribution in [0, 0.1) is 0 Å². The van der Waals surface area contributed by atoms with Gasteiger partial charge in [-0.2, -0.15) is 0 Å². The van der Waals surface area contributed by atoms with Gasteiger partial charge in [0.15, 0.2) is 0 Å². The molecule has 1 N–H and O–H groups in total. The van der Waals surface area contributed by atoms with Crippen molar-refractivity contribution in [3.63, 3.8) is 0 Å². The van der Waals surface area contributed by atoms with Crippen molar-refractivity contribution in [2.45, 2.75) is 39.7 Å². The van der Waals surface area contributed by atoms with Crippen molar-refractivity contribution < 1.29 is 0 Å². The average Bonchev–Trinajstić information content (AvgIpc) is 2.51. The molecule has 0 saturated carbocycles. The Balaban J connectivity index is 1.89. The number of anilines is 1. The third kappa shape index (κ3) is 4.85. The van der Waals surface area contributed by atoms with E-state index in [-0.39, 0.29) is 0 Å². The Morgan fingerprint density at radius 2 is 1.91 bits per heavy atom. The van der Waals surface area contributed by atoms with Crippen LogP contribution in [0.15, 0.2) is 30.3 Å². The van der Waals surface area contributed by atoms with Gasteiger partial charge >= 0.3 is 0 Å². The summed E-state index contributed by atoms with van der Waals surface area (Å²) in [6.07, 6.45) is 2.35. The summed E-state index contributed by atoms with van der Waals surface area (Å²) in [5.41, 5.74) is 0.938. The molecule has 0 saturated heterocycles. The number of fused-ring (bicyclic) bond motifs is 1. The molecule has 0 aliphatic carbocycles. The molecule has 0 fully saturated rings. The molecule has 0 aliphatic rings. The summed E-state index contributed by atoms with van der Waals surface area (Å²) in [7, 11) is 0. The topological polar surface area (TPSA) is 28.2 Å². The van der Waals surface area contributed by atoms with Crippen molar-refractivity contribution in [1.82, 2.24) is 9.88 Å². The van der Waals surface area contributed by atoms with Crippen LogP contribution in [0.25, 0.3) is 10.9 Å². The largest absolute Gasteiger partial charge is 0.368 e. The fourth-order valence-electron chi connectivity index (χ4n) is 2.66. The molecule has 1 atom stereocenters. The second kappa shape index (κ2) is 8.35. The summed E-state index contributed by atoms with van der Waals surface area (Å²) in [5, 5.41) is 5.33. The number of rotatable bonds is 8. The van der Waals surface area contributed by atoms with Crippen LogP contribution in [0.4, 0.5) is 5.82 Å². The van der Waals surface area contributed by atoms with Gasteiger partial charge in [0.1, 0.15) is 5.82 Å². The molecule has 0 aliphatic heterocycles.